The number of rotatable bonds is 7. The Morgan fingerprint density at radius 2 is 1.80 bits per heavy atom. The first-order chi connectivity index (χ1) is 14.4. The maximum atomic E-state index is 12.6. The van der Waals surface area contributed by atoms with Gasteiger partial charge in [0.05, 0.1) is 11.5 Å². The molecule has 1 aliphatic rings. The molecule has 0 radical (unpaired) electrons. The number of benzene rings is 2. The number of halogens is 1. The second kappa shape index (κ2) is 10.1. The van der Waals surface area contributed by atoms with Gasteiger partial charge in [-0.2, -0.15) is 0 Å². The second-order valence-electron chi connectivity index (χ2n) is 6.46. The van der Waals surface area contributed by atoms with Gasteiger partial charge in [0.1, 0.15) is 18.4 Å². The number of hydrogen-bond acceptors (Lipinski definition) is 6. The van der Waals surface area contributed by atoms with Crippen molar-refractivity contribution < 1.29 is 23.9 Å². The van der Waals surface area contributed by atoms with Gasteiger partial charge >= 0.3 is 5.97 Å². The summed E-state index contributed by atoms with van der Waals surface area (Å²) in [5.41, 5.74) is 1.83. The van der Waals surface area contributed by atoms with E-state index in [1.54, 1.807) is 13.0 Å². The lowest BCUT2D eigenvalue weighted by Gasteiger charge is -2.19. The minimum absolute atomic E-state index is 0.188. The van der Waals surface area contributed by atoms with Gasteiger partial charge in [-0.25, -0.2) is 4.79 Å². The van der Waals surface area contributed by atoms with E-state index in [1.165, 1.54) is 10.5 Å². The van der Waals surface area contributed by atoms with Crippen LogP contribution in [-0.4, -0.2) is 34.7 Å². The molecular formula is C22H20INO5S. The first kappa shape index (κ1) is 22.4. The molecule has 156 valence electrons. The van der Waals surface area contributed by atoms with Crippen LogP contribution in [-0.2, 0) is 20.9 Å². The Morgan fingerprint density at radius 1 is 1.13 bits per heavy atom. The quantitative estimate of drug-likeness (QED) is 0.286. The zero-order valence-corrected chi connectivity index (χ0v) is 19.4. The molecule has 1 fully saturated rings. The Bertz CT molecular complexity index is 972. The number of imide groups is 1. The predicted octanol–water partition coefficient (Wildman–Crippen LogP) is 4.86. The summed E-state index contributed by atoms with van der Waals surface area (Å²) in [6, 6.07) is 14.4. The molecule has 0 unspecified atom stereocenters. The van der Waals surface area contributed by atoms with Gasteiger partial charge in [0.2, 0.25) is 0 Å². The Labute approximate surface area is 192 Å². The molecule has 0 N–H and O–H groups in total. The topological polar surface area (TPSA) is 72.9 Å². The Hall–Kier alpha value is -2.33. The number of carbonyl (C=O) groups excluding carboxylic acids is 3. The monoisotopic (exact) mass is 537 g/mol. The van der Waals surface area contributed by atoms with Gasteiger partial charge < -0.3 is 9.47 Å². The van der Waals surface area contributed by atoms with Crippen LogP contribution in [0.25, 0.3) is 6.08 Å². The summed E-state index contributed by atoms with van der Waals surface area (Å²) >= 11 is 3.07. The maximum Gasteiger partial charge on any atom is 0.329 e. The van der Waals surface area contributed by atoms with Crippen molar-refractivity contribution in [1.29, 1.82) is 0 Å². The zero-order chi connectivity index (χ0) is 21.7. The predicted molar refractivity (Wildman–Crippen MR) is 124 cm³/mol. The standard InChI is InChI=1S/C22H20INO5S/c1-3-28-21(26)14(2)24-20(25)19(30-22(24)27)12-15-6-10-18(11-7-15)29-13-16-4-8-17(23)9-5-16/h4-12,14H,3,13H2,1-2H3/b19-12+/t14-/m1/s1. The molecule has 1 atom stereocenters. The van der Waals surface area contributed by atoms with Crippen LogP contribution < -0.4 is 4.74 Å². The van der Waals surface area contributed by atoms with E-state index in [2.05, 4.69) is 22.6 Å². The van der Waals surface area contributed by atoms with Gasteiger partial charge in [-0.15, -0.1) is 0 Å². The zero-order valence-electron chi connectivity index (χ0n) is 16.5. The maximum absolute atomic E-state index is 12.6. The molecule has 1 heterocycles. The summed E-state index contributed by atoms with van der Waals surface area (Å²) in [6.07, 6.45) is 1.63. The summed E-state index contributed by atoms with van der Waals surface area (Å²) in [7, 11) is 0. The van der Waals surface area contributed by atoms with E-state index in [1.807, 2.05) is 48.5 Å². The highest BCUT2D eigenvalue weighted by Crippen LogP contribution is 2.34. The number of amides is 2. The van der Waals surface area contributed by atoms with Gasteiger partial charge in [0, 0.05) is 3.57 Å². The molecule has 0 spiro atoms. The number of nitrogens with zero attached hydrogens (tertiary/aromatic N) is 1. The fraction of sp³-hybridized carbons (Fsp3) is 0.227. The van der Waals surface area contributed by atoms with Crippen LogP contribution in [0, 0.1) is 3.57 Å². The summed E-state index contributed by atoms with van der Waals surface area (Å²) in [6.45, 7) is 3.80. The van der Waals surface area contributed by atoms with Gasteiger partial charge in [0.25, 0.3) is 11.1 Å². The van der Waals surface area contributed by atoms with E-state index in [-0.39, 0.29) is 11.5 Å². The fourth-order valence-electron chi connectivity index (χ4n) is 2.74. The number of ether oxygens (including phenoxy) is 2. The van der Waals surface area contributed by atoms with E-state index >= 15 is 0 Å². The number of thioether (sulfide) groups is 1. The van der Waals surface area contributed by atoms with E-state index in [4.69, 9.17) is 9.47 Å². The van der Waals surface area contributed by atoms with Crippen LogP contribution in [0.15, 0.2) is 53.4 Å². The Morgan fingerprint density at radius 3 is 2.43 bits per heavy atom. The normalized spacial score (nSPS) is 16.1. The molecule has 3 rings (SSSR count). The first-order valence-corrected chi connectivity index (χ1v) is 11.2. The largest absolute Gasteiger partial charge is 0.489 e. The van der Waals surface area contributed by atoms with Crippen molar-refractivity contribution in [2.24, 2.45) is 0 Å². The van der Waals surface area contributed by atoms with Gasteiger partial charge in [-0.1, -0.05) is 24.3 Å². The average Bonchev–Trinajstić information content (AvgIpc) is 3.01. The Balaban J connectivity index is 1.65. The lowest BCUT2D eigenvalue weighted by Crippen LogP contribution is -2.42. The Kier molecular flexibility index (Phi) is 7.54. The molecule has 0 bridgehead atoms. The molecule has 2 amide bonds. The molecule has 30 heavy (non-hydrogen) atoms. The first-order valence-electron chi connectivity index (χ1n) is 9.30. The van der Waals surface area contributed by atoms with Crippen molar-refractivity contribution in [2.75, 3.05) is 6.61 Å². The van der Waals surface area contributed by atoms with Gasteiger partial charge in [-0.3, -0.25) is 14.5 Å². The highest BCUT2D eigenvalue weighted by molar-refractivity contribution is 14.1. The molecule has 0 saturated carbocycles. The highest BCUT2D eigenvalue weighted by Gasteiger charge is 2.41. The molecule has 0 aliphatic carbocycles. The van der Waals surface area contributed by atoms with Gasteiger partial charge in [-0.05, 0) is 89.7 Å². The summed E-state index contributed by atoms with van der Waals surface area (Å²) < 4.78 is 11.9. The number of hydrogen-bond donors (Lipinski definition) is 0. The van der Waals surface area contributed by atoms with E-state index in [0.717, 1.165) is 27.8 Å². The lowest BCUT2D eigenvalue weighted by molar-refractivity contribution is -0.150. The van der Waals surface area contributed by atoms with E-state index in [9.17, 15) is 14.4 Å². The molecule has 1 aliphatic heterocycles. The molecule has 6 nitrogen and oxygen atoms in total. The summed E-state index contributed by atoms with van der Waals surface area (Å²) in [4.78, 5) is 37.9. The summed E-state index contributed by atoms with van der Waals surface area (Å²) in [5, 5.41) is -0.482. The summed E-state index contributed by atoms with van der Waals surface area (Å²) in [5.74, 6) is -0.394. The minimum Gasteiger partial charge on any atom is -0.489 e. The highest BCUT2D eigenvalue weighted by atomic mass is 127. The van der Waals surface area contributed by atoms with E-state index < -0.39 is 23.2 Å². The smallest absolute Gasteiger partial charge is 0.329 e. The molecule has 8 heteroatoms. The molecule has 0 aromatic heterocycles. The van der Waals surface area contributed by atoms with Crippen LogP contribution in [0.1, 0.15) is 25.0 Å². The van der Waals surface area contributed by atoms with Crippen LogP contribution in [0.5, 0.6) is 5.75 Å². The minimum atomic E-state index is -0.958. The van der Waals surface area contributed by atoms with Crippen LogP contribution in [0.4, 0.5) is 4.79 Å². The van der Waals surface area contributed by atoms with Crippen molar-refractivity contribution in [1.82, 2.24) is 4.90 Å². The van der Waals surface area contributed by atoms with Crippen LogP contribution in [0.3, 0.4) is 0 Å². The third-order valence-corrected chi connectivity index (χ3v) is 5.94. The third-order valence-electron chi connectivity index (χ3n) is 4.34. The van der Waals surface area contributed by atoms with Crippen molar-refractivity contribution in [3.63, 3.8) is 0 Å². The third kappa shape index (κ3) is 5.42. The van der Waals surface area contributed by atoms with Gasteiger partial charge in [0.15, 0.2) is 0 Å². The molecule has 2 aromatic carbocycles. The second-order valence-corrected chi connectivity index (χ2v) is 8.70. The van der Waals surface area contributed by atoms with Crippen LogP contribution in [0.2, 0.25) is 0 Å². The lowest BCUT2D eigenvalue weighted by atomic mass is 10.2. The average molecular weight is 537 g/mol. The van der Waals surface area contributed by atoms with Crippen molar-refractivity contribution in [2.45, 2.75) is 26.5 Å². The fourth-order valence-corrected chi connectivity index (χ4v) is 4.01. The van der Waals surface area contributed by atoms with Crippen molar-refractivity contribution >= 4 is 57.5 Å². The SMILES string of the molecule is CCOC(=O)[C@@H](C)N1C(=O)S/C(=C/c2ccc(OCc3ccc(I)cc3)cc2)C1=O. The molecular weight excluding hydrogens is 517 g/mol. The van der Waals surface area contributed by atoms with Crippen LogP contribution >= 0.6 is 34.4 Å². The van der Waals surface area contributed by atoms with Crippen molar-refractivity contribution in [3.05, 3.63) is 68.1 Å². The molecule has 2 aromatic rings. The van der Waals surface area contributed by atoms with Crippen molar-refractivity contribution in [3.8, 4) is 5.75 Å². The molecule has 1 saturated heterocycles. The number of esters is 1. The number of carbonyl (C=O) groups is 3. The van der Waals surface area contributed by atoms with E-state index in [0.29, 0.717) is 12.4 Å².